The maximum atomic E-state index is 13.4. The zero-order valence-electron chi connectivity index (χ0n) is 66.5. The van der Waals surface area contributed by atoms with Crippen LogP contribution in [-0.4, -0.2) is 18.3 Å². The minimum Gasteiger partial charge on any atom is -0.306 e. The Morgan fingerprint density at radius 2 is 0.711 bits per heavy atom. The molecule has 0 aliphatic rings. The number of rotatable bonds is 5. The summed E-state index contributed by atoms with van der Waals surface area (Å²) in [6.45, 7) is 0. The second-order valence-electron chi connectivity index (χ2n) is 19.9. The van der Waals surface area contributed by atoms with Gasteiger partial charge < -0.3 is 18.3 Å². The van der Waals surface area contributed by atoms with Gasteiger partial charge in [0.1, 0.15) is 23.3 Å². The first-order valence-electron chi connectivity index (χ1n) is 38.0. The average molecular weight is 1100 g/mol. The Kier molecular flexibility index (Phi) is 5.84. The fourth-order valence-electron chi connectivity index (χ4n) is 12.8. The maximum absolute atomic E-state index is 13.4. The van der Waals surface area contributed by atoms with Gasteiger partial charge in [-0.2, -0.15) is 10.5 Å². The van der Waals surface area contributed by atoms with Gasteiger partial charge in [-0.05, 0) is 81.1 Å². The fourth-order valence-corrected chi connectivity index (χ4v) is 14.0. The third-order valence-electron chi connectivity index (χ3n) is 16.0. The summed E-state index contributed by atoms with van der Waals surface area (Å²) in [7, 11) is 0. The Morgan fingerprint density at radius 1 is 0.313 bits per heavy atom. The number of thiophene rings is 1. The van der Waals surface area contributed by atoms with Gasteiger partial charge in [-0.15, -0.1) is 11.3 Å². The van der Waals surface area contributed by atoms with Gasteiger partial charge in [0.15, 0.2) is 0 Å². The van der Waals surface area contributed by atoms with Crippen LogP contribution < -0.4 is 0 Å². The number of nitrogens with zero attached hydrogens (tertiary/aromatic N) is 6. The van der Waals surface area contributed by atoms with Crippen LogP contribution in [0.25, 0.3) is 163 Å². The van der Waals surface area contributed by atoms with E-state index in [4.69, 9.17) is 2.74 Å². The number of nitriles is 2. The highest BCUT2D eigenvalue weighted by atomic mass is 32.1. The van der Waals surface area contributed by atoms with E-state index in [1.54, 1.807) is 16.7 Å². The van der Waals surface area contributed by atoms with Gasteiger partial charge >= 0.3 is 0 Å². The Labute approximate surface area is 511 Å². The van der Waals surface area contributed by atoms with Crippen LogP contribution in [0, 0.1) is 22.7 Å². The van der Waals surface area contributed by atoms with Crippen molar-refractivity contribution >= 4 is 140 Å². The summed E-state index contributed by atoms with van der Waals surface area (Å²) in [6, 6.07) is 16.7. The molecule has 5 heterocycles. The number of hydrogen-bond acceptors (Lipinski definition) is 3. The van der Waals surface area contributed by atoms with Crippen molar-refractivity contribution in [2.24, 2.45) is 0 Å². The zero-order valence-corrected chi connectivity index (χ0v) is 43.3. The highest BCUT2D eigenvalue weighted by Gasteiger charge is 2.35. The molecule has 83 heavy (non-hydrogen) atoms. The molecule has 0 radical (unpaired) electrons. The maximum Gasteiger partial charge on any atom is 0.104 e. The summed E-state index contributed by atoms with van der Waals surface area (Å²) in [5, 5.41) is 29.0. The zero-order chi connectivity index (χ0) is 75.5. The minimum absolute atomic E-state index is 0.191. The molecule has 382 valence electrons. The second-order valence-corrected chi connectivity index (χ2v) is 20.9. The molecule has 0 saturated heterocycles. The summed E-state index contributed by atoms with van der Waals surface area (Å²) in [6.07, 6.45) is 0. The summed E-state index contributed by atoms with van der Waals surface area (Å²) >= 11 is 1.31. The van der Waals surface area contributed by atoms with Gasteiger partial charge in [-0.1, -0.05) is 206 Å². The number of fused-ring (bicyclic) bond motifs is 19. The van der Waals surface area contributed by atoms with Gasteiger partial charge in [-0.3, -0.25) is 0 Å². The topological polar surface area (TPSA) is 67.3 Å². The lowest BCUT2D eigenvalue weighted by Gasteiger charge is -2.27. The normalized spacial score (nSPS) is 16.1. The summed E-state index contributed by atoms with van der Waals surface area (Å²) in [4.78, 5) is 0. The van der Waals surface area contributed by atoms with Crippen LogP contribution in [0.2, 0.25) is 0 Å². The Morgan fingerprint density at radius 3 is 1.22 bits per heavy atom. The van der Waals surface area contributed by atoms with Crippen molar-refractivity contribution in [3.05, 3.63) is 265 Å². The van der Waals surface area contributed by atoms with E-state index in [-0.39, 0.29) is 11.0 Å². The molecule has 5 aromatic heterocycles. The van der Waals surface area contributed by atoms with Crippen LogP contribution in [0.15, 0.2) is 254 Å². The van der Waals surface area contributed by atoms with Crippen LogP contribution in [-0.2, 0) is 0 Å². The highest BCUT2D eigenvalue weighted by molar-refractivity contribution is 7.26. The number of hydrogen-bond donors (Lipinski definition) is 0. The first-order chi connectivity index (χ1) is 51.1. The third-order valence-corrected chi connectivity index (χ3v) is 17.2. The standard InChI is InChI=1S/C76H42N6S/c77-43-59-71(79-61-31-10-3-22-48(61)49-23-4-11-32-62(49)79)72(80-63-33-12-5-24-50(63)51-25-6-13-34-64(51)80)60(44-78)74(73(59)81-65-35-14-7-26-52(65)53-27-8-15-36-66(53)81)82-67-37-18-30-56(55-29-17-20-46-40-39-45-19-1-2-21-47(45)69(46)55)70(67)58-42-41-57-54-28-9-16-38-68(54)83-76(57)75(58)82/h1-42H/i3D,4D,5D,6D,7D,8D,10D,11D,12D,13D,14D,15D,22D,23D,24D,25D,26D,27D,31D,32D,33D,34D,35D,36D. The van der Waals surface area contributed by atoms with Crippen molar-refractivity contribution in [1.29, 1.82) is 10.5 Å². The summed E-state index contributed by atoms with van der Waals surface area (Å²) in [5.41, 5.74) is -7.11. The van der Waals surface area contributed by atoms with Gasteiger partial charge in [0, 0.05) is 58.6 Å². The molecule has 0 aliphatic heterocycles. The Hall–Kier alpha value is -11.2. The van der Waals surface area contributed by atoms with E-state index in [2.05, 4.69) is 12.1 Å². The lowest BCUT2D eigenvalue weighted by molar-refractivity contribution is 1.03. The molecular weight excluding hydrogens is 1030 g/mol. The Bertz CT molecular complexity index is 7250. The second kappa shape index (κ2) is 17.1. The Balaban J connectivity index is 1.25. The van der Waals surface area contributed by atoms with Gasteiger partial charge in [-0.25, -0.2) is 0 Å². The van der Waals surface area contributed by atoms with E-state index in [9.17, 15) is 40.7 Å². The molecule has 0 unspecified atom stereocenters. The van der Waals surface area contributed by atoms with Crippen molar-refractivity contribution in [3.8, 4) is 46.0 Å². The van der Waals surface area contributed by atoms with Crippen molar-refractivity contribution < 1.29 is 32.9 Å². The molecule has 6 nitrogen and oxygen atoms in total. The van der Waals surface area contributed by atoms with Crippen LogP contribution in [0.3, 0.4) is 0 Å². The molecule has 7 heteroatoms. The summed E-state index contributed by atoms with van der Waals surface area (Å²) < 4.78 is 236. The van der Waals surface area contributed by atoms with Crippen LogP contribution in [0.4, 0.5) is 0 Å². The predicted octanol–water partition coefficient (Wildman–Crippen LogP) is 20.2. The van der Waals surface area contributed by atoms with Gasteiger partial charge in [0.05, 0.1) is 104 Å². The van der Waals surface area contributed by atoms with E-state index >= 15 is 0 Å². The first-order valence-corrected chi connectivity index (χ1v) is 26.8. The highest BCUT2D eigenvalue weighted by Crippen LogP contribution is 2.52. The average Bonchev–Trinajstić information content (AvgIpc) is 1.52. The molecular formula is C76H42N6S. The number of aromatic nitrogens is 4. The smallest absolute Gasteiger partial charge is 0.104 e. The van der Waals surface area contributed by atoms with Crippen molar-refractivity contribution in [3.63, 3.8) is 0 Å². The van der Waals surface area contributed by atoms with Crippen LogP contribution >= 0.6 is 11.3 Å². The SMILES string of the molecule is [2H]c1c([2H])c([2H])c2c(c1[2H])c1c([2H])c([2H])c([2H])c([2H])c1n2-c1c(C#N)c(-n2c3c([2H])c([2H])c([2H])c([2H])c3c3c([2H])c([2H])c([2H])c([2H])c32)c(-n2c3cccc(-c4cccc5ccc6ccccc6c45)c3c3ccc4c5ccccc5sc4c32)c(C#N)c1-n1c2c([2H])c([2H])c([2H])c([2H])c2c2c([2H])c([2H])c([2H])c([2H])c21. The molecule has 18 aromatic rings. The summed E-state index contributed by atoms with van der Waals surface area (Å²) in [5.74, 6) is 0. The van der Waals surface area contributed by atoms with E-state index < -0.39 is 244 Å². The minimum atomic E-state index is -0.985. The quantitative estimate of drug-likeness (QED) is 0.161. The number of benzene rings is 13. The lowest BCUT2D eigenvalue weighted by atomic mass is 9.91. The molecule has 18 rings (SSSR count). The number of para-hydroxylation sites is 6. The van der Waals surface area contributed by atoms with Crippen molar-refractivity contribution in [1.82, 2.24) is 18.3 Å². The first kappa shape index (κ1) is 28.3. The molecule has 0 aliphatic carbocycles. The van der Waals surface area contributed by atoms with Crippen LogP contribution in [0.1, 0.15) is 44.0 Å². The van der Waals surface area contributed by atoms with E-state index in [0.29, 0.717) is 32.0 Å². The predicted molar refractivity (Wildman–Crippen MR) is 347 cm³/mol. The monoisotopic (exact) mass is 1090 g/mol. The van der Waals surface area contributed by atoms with Gasteiger partial charge in [0.25, 0.3) is 0 Å². The van der Waals surface area contributed by atoms with E-state index in [1.807, 2.05) is 97.1 Å². The van der Waals surface area contributed by atoms with Crippen molar-refractivity contribution in [2.45, 2.75) is 0 Å². The fraction of sp³-hybridized carbons (Fsp3) is 0. The molecule has 13 aromatic carbocycles. The molecule has 0 atom stereocenters. The molecule has 0 N–H and O–H groups in total. The molecule has 0 fully saturated rings. The van der Waals surface area contributed by atoms with Gasteiger partial charge in [0.2, 0.25) is 0 Å². The van der Waals surface area contributed by atoms with E-state index in [0.717, 1.165) is 45.3 Å². The van der Waals surface area contributed by atoms with E-state index in [1.165, 1.54) is 11.3 Å². The van der Waals surface area contributed by atoms with Crippen molar-refractivity contribution in [2.75, 3.05) is 0 Å². The molecule has 0 bridgehead atoms. The lowest BCUT2D eigenvalue weighted by Crippen LogP contribution is -2.16. The molecule has 0 amide bonds. The molecule has 0 spiro atoms. The third kappa shape index (κ3) is 6.07. The largest absolute Gasteiger partial charge is 0.306 e. The molecule has 0 saturated carbocycles. The van der Waals surface area contributed by atoms with Crippen LogP contribution in [0.5, 0.6) is 0 Å².